The summed E-state index contributed by atoms with van der Waals surface area (Å²) < 4.78 is 23.5. The Balaban J connectivity index is 4.49. The van der Waals surface area contributed by atoms with Crippen LogP contribution in [0.25, 0.3) is 0 Å². The van der Waals surface area contributed by atoms with Crippen molar-refractivity contribution < 1.29 is 32.9 Å². The van der Waals surface area contributed by atoms with Crippen molar-refractivity contribution in [3.63, 3.8) is 0 Å². The molecule has 0 radical (unpaired) electrons. The second kappa shape index (κ2) is 44.6. The number of hydrogen-bond acceptors (Lipinski definition) is 5. The van der Waals surface area contributed by atoms with Crippen LogP contribution in [-0.2, 0) is 18.4 Å². The fourth-order valence-corrected chi connectivity index (χ4v) is 6.45. The van der Waals surface area contributed by atoms with Gasteiger partial charge in [0.1, 0.15) is 13.2 Å². The van der Waals surface area contributed by atoms with Crippen molar-refractivity contribution in [3.05, 3.63) is 146 Å². The van der Waals surface area contributed by atoms with Gasteiger partial charge in [-0.3, -0.25) is 13.8 Å². The van der Waals surface area contributed by atoms with Crippen LogP contribution in [-0.4, -0.2) is 73.4 Å². The van der Waals surface area contributed by atoms with E-state index in [2.05, 4.69) is 153 Å². The number of phosphoric acid groups is 1. The van der Waals surface area contributed by atoms with E-state index < -0.39 is 20.0 Å². The highest BCUT2D eigenvalue weighted by molar-refractivity contribution is 7.47. The number of nitrogens with one attached hydrogen (secondary N) is 1. The molecule has 9 heteroatoms. The van der Waals surface area contributed by atoms with Gasteiger partial charge in [-0.05, 0) is 109 Å². The van der Waals surface area contributed by atoms with Gasteiger partial charge in [-0.15, -0.1) is 0 Å². The highest BCUT2D eigenvalue weighted by Gasteiger charge is 2.27. The minimum atomic E-state index is -4.38. The second-order valence-electron chi connectivity index (χ2n) is 16.7. The lowest BCUT2D eigenvalue weighted by Gasteiger charge is -2.25. The largest absolute Gasteiger partial charge is 0.472 e. The molecule has 360 valence electrons. The van der Waals surface area contributed by atoms with Gasteiger partial charge in [-0.1, -0.05) is 173 Å². The van der Waals surface area contributed by atoms with Crippen molar-refractivity contribution >= 4 is 13.7 Å². The van der Waals surface area contributed by atoms with Crippen LogP contribution >= 0.6 is 7.82 Å². The van der Waals surface area contributed by atoms with Crippen LogP contribution in [0.1, 0.15) is 142 Å². The third-order valence-electron chi connectivity index (χ3n) is 9.52. The molecule has 0 aromatic carbocycles. The van der Waals surface area contributed by atoms with Crippen LogP contribution < -0.4 is 5.32 Å². The SMILES string of the molecule is CC/C=C\C/C=C\C/C=C\C/C=C\C/C=C\C/C=C\C/C=C\C/C=C\C/C=C\CCCC(=O)NC(COP(=O)(O)OCC[N+](C)(C)C)C(O)/C=C/CC/C=C/CC/C=C/CCCCC. The topological polar surface area (TPSA) is 105 Å². The van der Waals surface area contributed by atoms with Crippen LogP contribution in [0.15, 0.2) is 146 Å². The van der Waals surface area contributed by atoms with Crippen molar-refractivity contribution in [3.8, 4) is 0 Å². The molecular formula is C55H90N2O6P+. The van der Waals surface area contributed by atoms with Crippen LogP contribution in [0, 0.1) is 0 Å². The summed E-state index contributed by atoms with van der Waals surface area (Å²) >= 11 is 0. The van der Waals surface area contributed by atoms with Crippen LogP contribution in [0.5, 0.6) is 0 Å². The Bertz CT molecular complexity index is 1540. The molecule has 64 heavy (non-hydrogen) atoms. The molecule has 0 aromatic heterocycles. The fourth-order valence-electron chi connectivity index (χ4n) is 5.72. The van der Waals surface area contributed by atoms with E-state index in [-0.39, 0.29) is 25.5 Å². The summed E-state index contributed by atoms with van der Waals surface area (Å²) in [6.07, 6.45) is 69.4. The second-order valence-corrected chi connectivity index (χ2v) is 18.2. The zero-order valence-corrected chi connectivity index (χ0v) is 41.6. The Labute approximate surface area is 391 Å². The zero-order chi connectivity index (χ0) is 47.1. The molecule has 3 N–H and O–H groups in total. The molecule has 3 atom stereocenters. The molecule has 0 saturated heterocycles. The van der Waals surface area contributed by atoms with Gasteiger partial charge in [-0.2, -0.15) is 0 Å². The summed E-state index contributed by atoms with van der Waals surface area (Å²) in [6, 6.07) is -0.911. The molecule has 0 aliphatic carbocycles. The summed E-state index contributed by atoms with van der Waals surface area (Å²) in [7, 11) is 1.48. The molecule has 0 spiro atoms. The normalized spacial score (nSPS) is 15.4. The monoisotopic (exact) mass is 906 g/mol. The molecule has 0 aliphatic heterocycles. The quantitative estimate of drug-likeness (QED) is 0.0244. The lowest BCUT2D eigenvalue weighted by atomic mass is 10.1. The number of aliphatic hydroxyl groups is 1. The van der Waals surface area contributed by atoms with E-state index >= 15 is 0 Å². The van der Waals surface area contributed by atoms with Gasteiger partial charge < -0.3 is 19.8 Å². The molecule has 0 saturated carbocycles. The number of allylic oxidation sites excluding steroid dienone is 23. The lowest BCUT2D eigenvalue weighted by Crippen LogP contribution is -2.45. The van der Waals surface area contributed by atoms with E-state index in [1.165, 1.54) is 19.3 Å². The molecule has 0 rings (SSSR count). The number of quaternary nitrogens is 1. The Morgan fingerprint density at radius 2 is 0.938 bits per heavy atom. The molecule has 0 heterocycles. The van der Waals surface area contributed by atoms with Crippen molar-refractivity contribution in [1.29, 1.82) is 0 Å². The van der Waals surface area contributed by atoms with Crippen molar-refractivity contribution in [2.75, 3.05) is 40.9 Å². The molecule has 8 nitrogen and oxygen atoms in total. The predicted molar refractivity (Wildman–Crippen MR) is 276 cm³/mol. The molecule has 0 bridgehead atoms. The first kappa shape index (κ1) is 60.4. The summed E-state index contributed by atoms with van der Waals surface area (Å²) in [5.74, 6) is -0.258. The number of aliphatic hydroxyl groups excluding tert-OH is 1. The van der Waals surface area contributed by atoms with Crippen LogP contribution in [0.3, 0.4) is 0 Å². The molecule has 0 aromatic rings. The average Bonchev–Trinajstić information content (AvgIpc) is 3.25. The zero-order valence-electron chi connectivity index (χ0n) is 40.7. The van der Waals surface area contributed by atoms with Crippen molar-refractivity contribution in [2.24, 2.45) is 0 Å². The van der Waals surface area contributed by atoms with E-state index in [9.17, 15) is 19.4 Å². The van der Waals surface area contributed by atoms with Gasteiger partial charge in [0.05, 0.1) is 39.9 Å². The van der Waals surface area contributed by atoms with Gasteiger partial charge in [0.15, 0.2) is 0 Å². The Morgan fingerprint density at radius 1 is 0.547 bits per heavy atom. The number of carbonyl (C=O) groups is 1. The smallest absolute Gasteiger partial charge is 0.387 e. The Kier molecular flexibility index (Phi) is 42.1. The Hall–Kier alpha value is -3.62. The van der Waals surface area contributed by atoms with Crippen LogP contribution in [0.4, 0.5) is 0 Å². The number of carbonyl (C=O) groups excluding carboxylic acids is 1. The number of amides is 1. The maximum atomic E-state index is 12.9. The number of nitrogens with zero attached hydrogens (tertiary/aromatic N) is 1. The predicted octanol–water partition coefficient (Wildman–Crippen LogP) is 14.2. The highest BCUT2D eigenvalue weighted by Crippen LogP contribution is 2.43. The lowest BCUT2D eigenvalue weighted by molar-refractivity contribution is -0.870. The number of likely N-dealkylation sites (N-methyl/N-ethyl adjacent to an activating group) is 1. The molecule has 0 fully saturated rings. The molecular weight excluding hydrogens is 816 g/mol. The Morgan fingerprint density at radius 3 is 1.38 bits per heavy atom. The standard InChI is InChI=1S/C55H89N2O6P/c1-6-8-10-12-14-16-18-20-21-22-23-24-25-26-27-28-29-30-31-32-33-34-35-37-39-41-43-45-47-49-55(59)56-53(52-63-64(60,61)62-51-50-57(3,4)5)54(58)48-46-44-42-40-38-36-19-17-15-13-11-9-7-2/h8,10,14-17,20-21,23-24,26-27,29-30,32-33,35,37-38,40-41,43,46,48,53-54,58H,6-7,9,11-13,18-19,22,25,28,31,34,36,39,42,44-45,47,49-52H2,1-5H3,(H-,56,59,60,61)/p+1/b10-8-,16-14-,17-15+,21-20-,24-23-,27-26-,30-29-,33-32-,37-35-,40-38+,43-41-,48-46+. The van der Waals surface area contributed by atoms with Crippen LogP contribution in [0.2, 0.25) is 0 Å². The summed E-state index contributed by atoms with van der Waals surface area (Å²) in [5, 5.41) is 13.7. The summed E-state index contributed by atoms with van der Waals surface area (Å²) in [5.41, 5.74) is 0. The summed E-state index contributed by atoms with van der Waals surface area (Å²) in [6.45, 7) is 4.55. The van der Waals surface area contributed by atoms with Crippen molar-refractivity contribution in [2.45, 2.75) is 154 Å². The average molecular weight is 906 g/mol. The third-order valence-corrected chi connectivity index (χ3v) is 10.5. The number of rotatable bonds is 41. The highest BCUT2D eigenvalue weighted by atomic mass is 31.2. The number of phosphoric ester groups is 1. The van der Waals surface area contributed by atoms with Gasteiger partial charge in [-0.25, -0.2) is 4.57 Å². The first-order chi connectivity index (χ1) is 31.0. The minimum absolute atomic E-state index is 0.0333. The van der Waals surface area contributed by atoms with E-state index in [0.717, 1.165) is 96.3 Å². The van der Waals surface area contributed by atoms with Gasteiger partial charge in [0, 0.05) is 6.42 Å². The van der Waals surface area contributed by atoms with E-state index in [1.807, 2.05) is 27.2 Å². The fraction of sp³-hybridized carbons (Fsp3) is 0.545. The van der Waals surface area contributed by atoms with Gasteiger partial charge in [0.25, 0.3) is 0 Å². The number of hydrogen-bond donors (Lipinski definition) is 3. The molecule has 3 unspecified atom stereocenters. The number of unbranched alkanes of at least 4 members (excludes halogenated alkanes) is 6. The van der Waals surface area contributed by atoms with Crippen molar-refractivity contribution in [1.82, 2.24) is 5.32 Å². The molecule has 0 aliphatic rings. The van der Waals surface area contributed by atoms with Gasteiger partial charge >= 0.3 is 7.82 Å². The minimum Gasteiger partial charge on any atom is -0.387 e. The van der Waals surface area contributed by atoms with E-state index in [1.54, 1.807) is 6.08 Å². The van der Waals surface area contributed by atoms with E-state index in [0.29, 0.717) is 17.4 Å². The maximum Gasteiger partial charge on any atom is 0.472 e. The summed E-state index contributed by atoms with van der Waals surface area (Å²) in [4.78, 5) is 23.1. The van der Waals surface area contributed by atoms with Gasteiger partial charge in [0.2, 0.25) is 5.91 Å². The van der Waals surface area contributed by atoms with E-state index in [4.69, 9.17) is 9.05 Å². The first-order valence-electron chi connectivity index (χ1n) is 24.2. The third kappa shape index (κ3) is 46.4. The first-order valence-corrected chi connectivity index (χ1v) is 25.7. The molecule has 1 amide bonds. The maximum absolute atomic E-state index is 12.9.